The van der Waals surface area contributed by atoms with Crippen LogP contribution in [0.25, 0.3) is 0 Å². The molecule has 0 spiro atoms. The van der Waals surface area contributed by atoms with E-state index >= 15 is 0 Å². The predicted octanol–water partition coefficient (Wildman–Crippen LogP) is 3.04. The summed E-state index contributed by atoms with van der Waals surface area (Å²) in [6.07, 6.45) is 0. The SMILES string of the molecule is COc1ccc(N2CNc3ccc(OC)cc3C2=O)c(C)c1. The number of amides is 1. The van der Waals surface area contributed by atoms with Crippen molar-refractivity contribution in [3.63, 3.8) is 0 Å². The summed E-state index contributed by atoms with van der Waals surface area (Å²) in [4.78, 5) is 14.5. The standard InChI is InChI=1S/C17H18N2O3/c1-11-8-12(21-2)5-7-16(11)19-10-18-15-6-4-13(22-3)9-14(15)17(19)20/h4-9,18H,10H2,1-3H3. The van der Waals surface area contributed by atoms with Gasteiger partial charge in [-0.1, -0.05) is 0 Å². The molecule has 5 nitrogen and oxygen atoms in total. The number of nitrogens with zero attached hydrogens (tertiary/aromatic N) is 1. The van der Waals surface area contributed by atoms with E-state index in [2.05, 4.69) is 5.32 Å². The average molecular weight is 298 g/mol. The summed E-state index contributed by atoms with van der Waals surface area (Å²) in [6.45, 7) is 2.40. The van der Waals surface area contributed by atoms with E-state index in [1.54, 1.807) is 25.2 Å². The summed E-state index contributed by atoms with van der Waals surface area (Å²) in [7, 11) is 3.22. The minimum Gasteiger partial charge on any atom is -0.497 e. The Bertz CT molecular complexity index is 728. The molecule has 5 heteroatoms. The molecule has 2 aromatic carbocycles. The van der Waals surface area contributed by atoms with E-state index in [-0.39, 0.29) is 5.91 Å². The first-order valence-corrected chi connectivity index (χ1v) is 7.02. The van der Waals surface area contributed by atoms with Crippen molar-refractivity contribution in [1.29, 1.82) is 0 Å². The molecule has 1 amide bonds. The molecule has 3 rings (SSSR count). The van der Waals surface area contributed by atoms with Gasteiger partial charge in [-0.2, -0.15) is 0 Å². The Labute approximate surface area is 129 Å². The normalized spacial score (nSPS) is 13.4. The Kier molecular flexibility index (Phi) is 3.63. The maximum Gasteiger partial charge on any atom is 0.261 e. The zero-order valence-corrected chi connectivity index (χ0v) is 12.8. The first-order valence-electron chi connectivity index (χ1n) is 7.02. The minimum absolute atomic E-state index is 0.0408. The van der Waals surface area contributed by atoms with Crippen LogP contribution in [0.5, 0.6) is 11.5 Å². The topological polar surface area (TPSA) is 50.8 Å². The maximum absolute atomic E-state index is 12.8. The molecule has 0 fully saturated rings. The lowest BCUT2D eigenvalue weighted by atomic mass is 10.1. The lowest BCUT2D eigenvalue weighted by Crippen LogP contribution is -2.40. The number of aryl methyl sites for hydroxylation is 1. The van der Waals surface area contributed by atoms with Crippen molar-refractivity contribution < 1.29 is 14.3 Å². The molecule has 2 aromatic rings. The Hall–Kier alpha value is -2.69. The second-order valence-electron chi connectivity index (χ2n) is 5.13. The van der Waals surface area contributed by atoms with E-state index in [4.69, 9.17) is 9.47 Å². The molecule has 1 N–H and O–H groups in total. The smallest absolute Gasteiger partial charge is 0.261 e. The fourth-order valence-corrected chi connectivity index (χ4v) is 2.62. The highest BCUT2D eigenvalue weighted by Crippen LogP contribution is 2.32. The number of carbonyl (C=O) groups is 1. The van der Waals surface area contributed by atoms with Crippen molar-refractivity contribution in [2.45, 2.75) is 6.92 Å². The number of anilines is 2. The van der Waals surface area contributed by atoms with Gasteiger partial charge < -0.3 is 14.8 Å². The number of nitrogens with one attached hydrogen (secondary N) is 1. The van der Waals surface area contributed by atoms with Crippen molar-refractivity contribution >= 4 is 17.3 Å². The molecule has 0 atom stereocenters. The minimum atomic E-state index is -0.0408. The summed E-state index contributed by atoms with van der Waals surface area (Å²) >= 11 is 0. The summed E-state index contributed by atoms with van der Waals surface area (Å²) < 4.78 is 10.4. The van der Waals surface area contributed by atoms with E-state index in [0.29, 0.717) is 18.0 Å². The molecule has 0 radical (unpaired) electrons. The van der Waals surface area contributed by atoms with Crippen LogP contribution in [-0.4, -0.2) is 26.8 Å². The van der Waals surface area contributed by atoms with Gasteiger partial charge in [-0.05, 0) is 48.9 Å². The van der Waals surface area contributed by atoms with Crippen LogP contribution >= 0.6 is 0 Å². The van der Waals surface area contributed by atoms with Crippen LogP contribution in [0.2, 0.25) is 0 Å². The van der Waals surface area contributed by atoms with Crippen molar-refractivity contribution in [3.8, 4) is 11.5 Å². The Balaban J connectivity index is 1.98. The maximum atomic E-state index is 12.8. The third kappa shape index (κ3) is 2.35. The number of hydrogen-bond donors (Lipinski definition) is 1. The van der Waals surface area contributed by atoms with Gasteiger partial charge in [-0.15, -0.1) is 0 Å². The lowest BCUT2D eigenvalue weighted by molar-refractivity contribution is 0.0985. The first-order chi connectivity index (χ1) is 10.6. The molecule has 0 saturated carbocycles. The summed E-state index contributed by atoms with van der Waals surface area (Å²) in [5, 5.41) is 3.27. The van der Waals surface area contributed by atoms with E-state index in [0.717, 1.165) is 22.7 Å². The fourth-order valence-electron chi connectivity index (χ4n) is 2.62. The fraction of sp³-hybridized carbons (Fsp3) is 0.235. The van der Waals surface area contributed by atoms with Crippen molar-refractivity contribution in [2.24, 2.45) is 0 Å². The predicted molar refractivity (Wildman–Crippen MR) is 86.0 cm³/mol. The Morgan fingerprint density at radius 2 is 1.73 bits per heavy atom. The van der Waals surface area contributed by atoms with Gasteiger partial charge in [0.25, 0.3) is 5.91 Å². The van der Waals surface area contributed by atoms with Gasteiger partial charge in [-0.25, -0.2) is 0 Å². The van der Waals surface area contributed by atoms with Crippen LogP contribution < -0.4 is 19.7 Å². The first kappa shape index (κ1) is 14.3. The molecular formula is C17H18N2O3. The second kappa shape index (κ2) is 5.60. The van der Waals surface area contributed by atoms with Crippen molar-refractivity contribution in [3.05, 3.63) is 47.5 Å². The third-order valence-electron chi connectivity index (χ3n) is 3.82. The zero-order valence-electron chi connectivity index (χ0n) is 12.8. The number of carbonyl (C=O) groups excluding carboxylic acids is 1. The quantitative estimate of drug-likeness (QED) is 0.946. The van der Waals surface area contributed by atoms with Crippen LogP contribution in [0, 0.1) is 6.92 Å². The van der Waals surface area contributed by atoms with Crippen LogP contribution in [0.15, 0.2) is 36.4 Å². The van der Waals surface area contributed by atoms with Crippen molar-refractivity contribution in [2.75, 3.05) is 31.1 Å². The zero-order chi connectivity index (χ0) is 15.7. The van der Waals surface area contributed by atoms with Crippen LogP contribution in [0.3, 0.4) is 0 Å². The second-order valence-corrected chi connectivity index (χ2v) is 5.13. The number of hydrogen-bond acceptors (Lipinski definition) is 4. The molecule has 0 saturated heterocycles. The van der Waals surface area contributed by atoms with E-state index in [9.17, 15) is 4.79 Å². The number of fused-ring (bicyclic) bond motifs is 1. The highest BCUT2D eigenvalue weighted by atomic mass is 16.5. The number of methoxy groups -OCH3 is 2. The van der Waals surface area contributed by atoms with Crippen LogP contribution in [0.4, 0.5) is 11.4 Å². The van der Waals surface area contributed by atoms with Gasteiger partial charge in [0.1, 0.15) is 11.5 Å². The summed E-state index contributed by atoms with van der Waals surface area (Å²) in [5.74, 6) is 1.41. The van der Waals surface area contributed by atoms with Gasteiger partial charge in [0.2, 0.25) is 0 Å². The summed E-state index contributed by atoms with van der Waals surface area (Å²) in [5.41, 5.74) is 3.29. The molecule has 0 bridgehead atoms. The van der Waals surface area contributed by atoms with E-state index in [1.165, 1.54) is 0 Å². The Morgan fingerprint density at radius 1 is 1.05 bits per heavy atom. The van der Waals surface area contributed by atoms with Gasteiger partial charge >= 0.3 is 0 Å². The van der Waals surface area contributed by atoms with Gasteiger partial charge in [0, 0.05) is 11.4 Å². The highest BCUT2D eigenvalue weighted by Gasteiger charge is 2.26. The molecule has 22 heavy (non-hydrogen) atoms. The van der Waals surface area contributed by atoms with Crippen molar-refractivity contribution in [1.82, 2.24) is 0 Å². The molecule has 0 aromatic heterocycles. The van der Waals surface area contributed by atoms with Gasteiger partial charge in [-0.3, -0.25) is 9.69 Å². The largest absolute Gasteiger partial charge is 0.497 e. The molecular weight excluding hydrogens is 280 g/mol. The molecule has 1 aliphatic rings. The van der Waals surface area contributed by atoms with E-state index < -0.39 is 0 Å². The molecule has 1 aliphatic heterocycles. The number of ether oxygens (including phenoxy) is 2. The highest BCUT2D eigenvalue weighted by molar-refractivity contribution is 6.12. The average Bonchev–Trinajstić information content (AvgIpc) is 2.55. The lowest BCUT2D eigenvalue weighted by Gasteiger charge is -2.31. The monoisotopic (exact) mass is 298 g/mol. The van der Waals surface area contributed by atoms with Gasteiger partial charge in [0.15, 0.2) is 0 Å². The number of benzene rings is 2. The van der Waals surface area contributed by atoms with Gasteiger partial charge in [0.05, 0.1) is 26.5 Å². The molecule has 0 unspecified atom stereocenters. The van der Waals surface area contributed by atoms with Crippen LogP contribution in [0.1, 0.15) is 15.9 Å². The third-order valence-corrected chi connectivity index (χ3v) is 3.82. The van der Waals surface area contributed by atoms with Crippen LogP contribution in [-0.2, 0) is 0 Å². The molecule has 114 valence electrons. The Morgan fingerprint density at radius 3 is 2.41 bits per heavy atom. The number of rotatable bonds is 3. The molecule has 0 aliphatic carbocycles. The molecule has 1 heterocycles. The van der Waals surface area contributed by atoms with E-state index in [1.807, 2.05) is 37.3 Å². The summed E-state index contributed by atoms with van der Waals surface area (Å²) in [6, 6.07) is 11.1.